The summed E-state index contributed by atoms with van der Waals surface area (Å²) in [5.41, 5.74) is 3.70. The van der Waals surface area contributed by atoms with Crippen LogP contribution in [0.15, 0.2) is 59.7 Å². The molecule has 0 unspecified atom stereocenters. The summed E-state index contributed by atoms with van der Waals surface area (Å²) < 4.78 is 27.1. The Balaban J connectivity index is 1.69. The van der Waals surface area contributed by atoms with E-state index in [1.54, 1.807) is 25.1 Å². The van der Waals surface area contributed by atoms with Crippen LogP contribution in [0.3, 0.4) is 0 Å². The lowest BCUT2D eigenvalue weighted by Crippen LogP contribution is -2.19. The third kappa shape index (κ3) is 7.44. The fraction of sp³-hybridized carbons (Fsp3) is 0.222. The highest BCUT2D eigenvalue weighted by molar-refractivity contribution is 5.93. The van der Waals surface area contributed by atoms with Gasteiger partial charge in [-0.05, 0) is 48.4 Å². The molecule has 1 N–H and O–H groups in total. The van der Waals surface area contributed by atoms with Crippen LogP contribution in [0.2, 0.25) is 0 Å². The maximum atomic E-state index is 12.9. The molecule has 12 nitrogen and oxygen atoms in total. The SMILES string of the molecule is CCOc1cc(/C=N/NC(=O)Cc2ccc([N+](=O)[O-])cc2)ccc1OC(=O)c1cc(OC)c(OC)c(OC)c1. The number of nitro groups is 1. The van der Waals surface area contributed by atoms with E-state index in [1.165, 1.54) is 63.9 Å². The Bertz CT molecular complexity index is 1350. The molecule has 3 aromatic rings. The van der Waals surface area contributed by atoms with Crippen molar-refractivity contribution in [2.45, 2.75) is 13.3 Å². The lowest BCUT2D eigenvalue weighted by molar-refractivity contribution is -0.384. The van der Waals surface area contributed by atoms with Crippen molar-refractivity contribution in [2.24, 2.45) is 5.10 Å². The predicted molar refractivity (Wildman–Crippen MR) is 141 cm³/mol. The van der Waals surface area contributed by atoms with Gasteiger partial charge in [0.15, 0.2) is 23.0 Å². The zero-order valence-electron chi connectivity index (χ0n) is 21.8. The van der Waals surface area contributed by atoms with Gasteiger partial charge in [0.1, 0.15) is 0 Å². The average Bonchev–Trinajstić information content (AvgIpc) is 2.93. The number of rotatable bonds is 12. The molecule has 39 heavy (non-hydrogen) atoms. The van der Waals surface area contributed by atoms with Crippen LogP contribution in [0.1, 0.15) is 28.4 Å². The monoisotopic (exact) mass is 537 g/mol. The zero-order valence-corrected chi connectivity index (χ0v) is 21.8. The first-order valence-corrected chi connectivity index (χ1v) is 11.6. The number of amides is 1. The van der Waals surface area contributed by atoms with E-state index >= 15 is 0 Å². The third-order valence-corrected chi connectivity index (χ3v) is 5.29. The van der Waals surface area contributed by atoms with Gasteiger partial charge in [-0.15, -0.1) is 0 Å². The number of ether oxygens (including phenoxy) is 5. The van der Waals surface area contributed by atoms with Crippen LogP contribution in [0.5, 0.6) is 28.7 Å². The number of esters is 1. The first-order chi connectivity index (χ1) is 18.8. The lowest BCUT2D eigenvalue weighted by atomic mass is 10.1. The van der Waals surface area contributed by atoms with Crippen LogP contribution in [-0.4, -0.2) is 51.0 Å². The van der Waals surface area contributed by atoms with Gasteiger partial charge >= 0.3 is 5.97 Å². The van der Waals surface area contributed by atoms with E-state index in [4.69, 9.17) is 23.7 Å². The van der Waals surface area contributed by atoms with E-state index in [9.17, 15) is 19.7 Å². The second kappa shape index (κ2) is 13.4. The number of hydrazone groups is 1. The molecule has 204 valence electrons. The van der Waals surface area contributed by atoms with Crippen molar-refractivity contribution in [1.29, 1.82) is 0 Å². The molecule has 0 spiro atoms. The number of nitro benzene ring substituents is 1. The fourth-order valence-corrected chi connectivity index (χ4v) is 3.45. The van der Waals surface area contributed by atoms with E-state index in [0.29, 0.717) is 40.7 Å². The molecule has 1 amide bonds. The molecule has 0 radical (unpaired) electrons. The van der Waals surface area contributed by atoms with Crippen LogP contribution in [0.4, 0.5) is 5.69 Å². The molecule has 0 saturated heterocycles. The Labute approximate surface area is 224 Å². The van der Waals surface area contributed by atoms with Gasteiger partial charge in [0, 0.05) is 12.1 Å². The van der Waals surface area contributed by atoms with E-state index in [0.717, 1.165) is 0 Å². The highest BCUT2D eigenvalue weighted by Crippen LogP contribution is 2.39. The molecular formula is C27H27N3O9. The fourth-order valence-electron chi connectivity index (χ4n) is 3.45. The van der Waals surface area contributed by atoms with Crippen molar-refractivity contribution in [3.8, 4) is 28.7 Å². The van der Waals surface area contributed by atoms with Gasteiger partial charge in [0.05, 0.1) is 51.1 Å². The molecule has 0 fully saturated rings. The third-order valence-electron chi connectivity index (χ3n) is 5.29. The van der Waals surface area contributed by atoms with E-state index in [1.807, 2.05) is 0 Å². The number of nitrogens with one attached hydrogen (secondary N) is 1. The number of non-ortho nitro benzene ring substituents is 1. The smallest absolute Gasteiger partial charge is 0.343 e. The van der Waals surface area contributed by atoms with E-state index in [2.05, 4.69) is 10.5 Å². The molecule has 0 atom stereocenters. The summed E-state index contributed by atoms with van der Waals surface area (Å²) in [6, 6.07) is 13.4. The number of benzene rings is 3. The largest absolute Gasteiger partial charge is 0.493 e. The van der Waals surface area contributed by atoms with Crippen LogP contribution in [-0.2, 0) is 11.2 Å². The molecule has 12 heteroatoms. The quantitative estimate of drug-likeness (QED) is 0.119. The first kappa shape index (κ1) is 28.4. The predicted octanol–water partition coefficient (Wildman–Crippen LogP) is 3.93. The first-order valence-electron chi connectivity index (χ1n) is 11.6. The number of carbonyl (C=O) groups is 2. The minimum Gasteiger partial charge on any atom is -0.493 e. The Kier molecular flexibility index (Phi) is 9.79. The number of hydrogen-bond acceptors (Lipinski definition) is 10. The van der Waals surface area contributed by atoms with Crippen molar-refractivity contribution in [3.63, 3.8) is 0 Å². The summed E-state index contributed by atoms with van der Waals surface area (Å²) in [7, 11) is 4.35. The van der Waals surface area contributed by atoms with Crippen LogP contribution < -0.4 is 29.1 Å². The highest BCUT2D eigenvalue weighted by Gasteiger charge is 2.20. The molecule has 0 aromatic heterocycles. The Morgan fingerprint density at radius 1 is 0.923 bits per heavy atom. The van der Waals surface area contributed by atoms with Gasteiger partial charge in [0.2, 0.25) is 11.7 Å². The second-order valence-electron chi connectivity index (χ2n) is 7.84. The molecule has 0 aliphatic heterocycles. The van der Waals surface area contributed by atoms with Gasteiger partial charge in [-0.25, -0.2) is 10.2 Å². The Morgan fingerprint density at radius 2 is 1.59 bits per heavy atom. The molecular weight excluding hydrogens is 510 g/mol. The average molecular weight is 538 g/mol. The second-order valence-corrected chi connectivity index (χ2v) is 7.84. The van der Waals surface area contributed by atoms with Gasteiger partial charge in [0.25, 0.3) is 5.69 Å². The van der Waals surface area contributed by atoms with E-state index < -0.39 is 16.8 Å². The molecule has 0 aliphatic rings. The van der Waals surface area contributed by atoms with Crippen molar-refractivity contribution in [3.05, 3.63) is 81.4 Å². The Morgan fingerprint density at radius 3 is 2.15 bits per heavy atom. The van der Waals surface area contributed by atoms with Gasteiger partial charge in [-0.3, -0.25) is 14.9 Å². The molecule has 0 saturated carbocycles. The molecule has 0 aliphatic carbocycles. The highest BCUT2D eigenvalue weighted by atomic mass is 16.6. The van der Waals surface area contributed by atoms with Crippen LogP contribution in [0, 0.1) is 10.1 Å². The minimum absolute atomic E-state index is 0.00461. The normalized spacial score (nSPS) is 10.6. The summed E-state index contributed by atoms with van der Waals surface area (Å²) in [4.78, 5) is 35.3. The molecule has 0 heterocycles. The number of carbonyl (C=O) groups excluding carboxylic acids is 2. The summed E-state index contributed by atoms with van der Waals surface area (Å²) in [5, 5.41) is 14.7. The maximum absolute atomic E-state index is 12.9. The van der Waals surface area contributed by atoms with Crippen LogP contribution >= 0.6 is 0 Å². The van der Waals surface area contributed by atoms with E-state index in [-0.39, 0.29) is 23.4 Å². The van der Waals surface area contributed by atoms with Crippen LogP contribution in [0.25, 0.3) is 0 Å². The number of methoxy groups -OCH3 is 3. The molecule has 3 aromatic carbocycles. The summed E-state index contributed by atoms with van der Waals surface area (Å²) >= 11 is 0. The minimum atomic E-state index is -0.671. The number of hydrogen-bond donors (Lipinski definition) is 1. The van der Waals surface area contributed by atoms with Gasteiger partial charge < -0.3 is 23.7 Å². The standard InChI is InChI=1S/C27H27N3O9/c1-5-38-22-12-18(16-28-29-25(31)13-17-6-9-20(10-7-17)30(33)34)8-11-21(22)39-27(32)19-14-23(35-2)26(37-4)24(15-19)36-3/h6-12,14-16H,5,13H2,1-4H3,(H,29,31)/b28-16+. The van der Waals surface area contributed by atoms with Crippen molar-refractivity contribution in [1.82, 2.24) is 5.43 Å². The Hall–Kier alpha value is -5.13. The molecule has 3 rings (SSSR count). The van der Waals surface area contributed by atoms with Gasteiger partial charge in [-0.2, -0.15) is 5.10 Å². The van der Waals surface area contributed by atoms with Crippen molar-refractivity contribution in [2.75, 3.05) is 27.9 Å². The number of nitrogens with zero attached hydrogens (tertiary/aromatic N) is 2. The van der Waals surface area contributed by atoms with Crippen molar-refractivity contribution < 1.29 is 38.2 Å². The maximum Gasteiger partial charge on any atom is 0.343 e. The summed E-state index contributed by atoms with van der Waals surface area (Å²) in [5.74, 6) is 0.340. The van der Waals surface area contributed by atoms with Gasteiger partial charge in [-0.1, -0.05) is 12.1 Å². The summed E-state index contributed by atoms with van der Waals surface area (Å²) in [6.07, 6.45) is 1.40. The van der Waals surface area contributed by atoms with Crippen molar-refractivity contribution >= 4 is 23.8 Å². The summed E-state index contributed by atoms with van der Waals surface area (Å²) in [6.45, 7) is 2.09. The molecule has 0 bridgehead atoms. The topological polar surface area (TPSA) is 148 Å². The zero-order chi connectivity index (χ0) is 28.4. The lowest BCUT2D eigenvalue weighted by Gasteiger charge is -2.15.